The van der Waals surface area contributed by atoms with E-state index < -0.39 is 0 Å². The molecule has 1 rings (SSSR count). The van der Waals surface area contributed by atoms with Crippen molar-refractivity contribution in [2.24, 2.45) is 0 Å². The van der Waals surface area contributed by atoms with Crippen molar-refractivity contribution in [1.29, 1.82) is 0 Å². The molecular formula is C8H10BrClO. The molecule has 0 atom stereocenters. The lowest BCUT2D eigenvalue weighted by molar-refractivity contribution is 0.475. The maximum atomic E-state index is 8.83. The largest absolute Gasteiger partial charge is 0.508 e. The minimum atomic E-state index is 0.184. The molecule has 0 fully saturated rings. The first-order chi connectivity index (χ1) is 5.20. The van der Waals surface area contributed by atoms with Gasteiger partial charge in [-0.25, -0.2) is 0 Å². The monoisotopic (exact) mass is 236 g/mol. The summed E-state index contributed by atoms with van der Waals surface area (Å²) in [6.07, 6.45) is 0. The lowest BCUT2D eigenvalue weighted by atomic mass is 10.3. The molecule has 1 N–H and O–H groups in total. The third kappa shape index (κ3) is 3.63. The highest BCUT2D eigenvalue weighted by Crippen LogP contribution is 2.25. The van der Waals surface area contributed by atoms with Crippen LogP contribution in [-0.4, -0.2) is 5.11 Å². The Balaban J connectivity index is 0.000000461. The molecule has 1 aromatic carbocycles. The van der Waals surface area contributed by atoms with Crippen molar-refractivity contribution in [3.05, 3.63) is 27.7 Å². The van der Waals surface area contributed by atoms with Crippen LogP contribution in [0.25, 0.3) is 0 Å². The van der Waals surface area contributed by atoms with E-state index in [0.717, 1.165) is 4.47 Å². The molecule has 1 nitrogen and oxygen atoms in total. The summed E-state index contributed by atoms with van der Waals surface area (Å²) in [5, 5.41) is 9.36. The highest BCUT2D eigenvalue weighted by molar-refractivity contribution is 9.10. The van der Waals surface area contributed by atoms with E-state index in [1.54, 1.807) is 12.1 Å². The maximum absolute atomic E-state index is 8.83. The Bertz CT molecular complexity index is 225. The fourth-order valence-electron chi connectivity index (χ4n) is 0.485. The van der Waals surface area contributed by atoms with Crippen molar-refractivity contribution < 1.29 is 5.11 Å². The first-order valence-corrected chi connectivity index (χ1v) is 4.51. The molecule has 0 aliphatic heterocycles. The average molecular weight is 238 g/mol. The van der Waals surface area contributed by atoms with Gasteiger partial charge in [-0.15, -0.1) is 0 Å². The fraction of sp³-hybridized carbons (Fsp3) is 0.250. The number of phenols is 1. The van der Waals surface area contributed by atoms with Crippen LogP contribution >= 0.6 is 27.5 Å². The number of aromatic hydroxyl groups is 1. The van der Waals surface area contributed by atoms with E-state index in [2.05, 4.69) is 15.9 Å². The number of rotatable bonds is 0. The zero-order valence-electron chi connectivity index (χ0n) is 6.44. The summed E-state index contributed by atoms with van der Waals surface area (Å²) in [4.78, 5) is 0. The van der Waals surface area contributed by atoms with E-state index in [1.807, 2.05) is 13.8 Å². The maximum Gasteiger partial charge on any atom is 0.117 e. The molecule has 0 unspecified atom stereocenters. The smallest absolute Gasteiger partial charge is 0.117 e. The standard InChI is InChI=1S/C6H4BrClO.C2H6/c7-5-2-1-4(9)3-6(5)8;1-2/h1-3,9H;1-2H3. The summed E-state index contributed by atoms with van der Waals surface area (Å²) in [5.74, 6) is 0.184. The van der Waals surface area contributed by atoms with Gasteiger partial charge in [0.2, 0.25) is 0 Å². The van der Waals surface area contributed by atoms with Crippen LogP contribution in [0, 0.1) is 0 Å². The van der Waals surface area contributed by atoms with Crippen molar-refractivity contribution in [3.63, 3.8) is 0 Å². The molecule has 0 aliphatic rings. The lowest BCUT2D eigenvalue weighted by Gasteiger charge is -1.93. The summed E-state index contributed by atoms with van der Waals surface area (Å²) in [7, 11) is 0. The van der Waals surface area contributed by atoms with E-state index in [9.17, 15) is 0 Å². The Morgan fingerprint density at radius 2 is 1.91 bits per heavy atom. The van der Waals surface area contributed by atoms with Crippen LogP contribution in [0.3, 0.4) is 0 Å². The Morgan fingerprint density at radius 1 is 1.36 bits per heavy atom. The number of benzene rings is 1. The molecule has 3 heteroatoms. The minimum absolute atomic E-state index is 0.184. The van der Waals surface area contributed by atoms with Crippen molar-refractivity contribution in [1.82, 2.24) is 0 Å². The van der Waals surface area contributed by atoms with Gasteiger partial charge >= 0.3 is 0 Å². The third-order valence-electron chi connectivity index (χ3n) is 0.903. The topological polar surface area (TPSA) is 20.2 Å². The SMILES string of the molecule is CC.Oc1ccc(Br)c(Cl)c1. The molecule has 0 amide bonds. The molecule has 1 aromatic rings. The second-order valence-corrected chi connectivity index (χ2v) is 2.86. The van der Waals surface area contributed by atoms with Crippen LogP contribution in [0.1, 0.15) is 13.8 Å². The molecule has 11 heavy (non-hydrogen) atoms. The van der Waals surface area contributed by atoms with E-state index >= 15 is 0 Å². The predicted octanol–water partition coefficient (Wildman–Crippen LogP) is 3.83. The lowest BCUT2D eigenvalue weighted by Crippen LogP contribution is -1.66. The minimum Gasteiger partial charge on any atom is -0.508 e. The van der Waals surface area contributed by atoms with E-state index in [0.29, 0.717) is 5.02 Å². The van der Waals surface area contributed by atoms with Gasteiger partial charge in [0.25, 0.3) is 0 Å². The zero-order chi connectivity index (χ0) is 8.85. The molecule has 0 spiro atoms. The van der Waals surface area contributed by atoms with Gasteiger partial charge in [-0.2, -0.15) is 0 Å². The summed E-state index contributed by atoms with van der Waals surface area (Å²) < 4.78 is 0.793. The number of halogens is 2. The Labute approximate surface area is 80.1 Å². The predicted molar refractivity (Wildman–Crippen MR) is 52.2 cm³/mol. The first kappa shape index (κ1) is 10.8. The zero-order valence-corrected chi connectivity index (χ0v) is 8.78. The molecule has 0 aromatic heterocycles. The van der Waals surface area contributed by atoms with E-state index in [-0.39, 0.29) is 5.75 Å². The van der Waals surface area contributed by atoms with Crippen LogP contribution in [-0.2, 0) is 0 Å². The van der Waals surface area contributed by atoms with Gasteiger partial charge in [0.05, 0.1) is 5.02 Å². The van der Waals surface area contributed by atoms with E-state index in [4.69, 9.17) is 16.7 Å². The van der Waals surface area contributed by atoms with Crippen LogP contribution in [0.2, 0.25) is 5.02 Å². The molecule has 0 bridgehead atoms. The fourth-order valence-corrected chi connectivity index (χ4v) is 0.906. The van der Waals surface area contributed by atoms with Crippen LogP contribution in [0.4, 0.5) is 0 Å². The number of hydrogen-bond acceptors (Lipinski definition) is 1. The van der Waals surface area contributed by atoms with Crippen LogP contribution < -0.4 is 0 Å². The van der Waals surface area contributed by atoms with Crippen LogP contribution in [0.5, 0.6) is 5.75 Å². The van der Waals surface area contributed by atoms with Gasteiger partial charge in [0, 0.05) is 4.47 Å². The molecule has 62 valence electrons. The molecular weight excluding hydrogens is 227 g/mol. The quantitative estimate of drug-likeness (QED) is 0.727. The van der Waals surface area contributed by atoms with Gasteiger partial charge in [0.15, 0.2) is 0 Å². The van der Waals surface area contributed by atoms with Crippen molar-refractivity contribution in [3.8, 4) is 5.75 Å². The second-order valence-electron chi connectivity index (χ2n) is 1.60. The van der Waals surface area contributed by atoms with Crippen molar-refractivity contribution in [2.45, 2.75) is 13.8 Å². The van der Waals surface area contributed by atoms with Gasteiger partial charge < -0.3 is 5.11 Å². The highest BCUT2D eigenvalue weighted by Gasteiger charge is 1.94. The molecule has 0 aliphatic carbocycles. The summed E-state index contributed by atoms with van der Waals surface area (Å²) in [6.45, 7) is 4.00. The molecule has 0 saturated heterocycles. The third-order valence-corrected chi connectivity index (χ3v) is 2.14. The highest BCUT2D eigenvalue weighted by atomic mass is 79.9. The van der Waals surface area contributed by atoms with E-state index in [1.165, 1.54) is 6.07 Å². The molecule has 0 radical (unpaired) electrons. The summed E-state index contributed by atoms with van der Waals surface area (Å²) >= 11 is 8.79. The van der Waals surface area contributed by atoms with Gasteiger partial charge in [0.1, 0.15) is 5.75 Å². The van der Waals surface area contributed by atoms with Gasteiger partial charge in [-0.1, -0.05) is 25.4 Å². The first-order valence-electron chi connectivity index (χ1n) is 3.34. The van der Waals surface area contributed by atoms with Gasteiger partial charge in [-0.3, -0.25) is 0 Å². The Kier molecular flexibility index (Phi) is 5.34. The molecule has 0 saturated carbocycles. The van der Waals surface area contributed by atoms with Crippen molar-refractivity contribution in [2.75, 3.05) is 0 Å². The summed E-state index contributed by atoms with van der Waals surface area (Å²) in [5.41, 5.74) is 0. The second kappa shape index (κ2) is 5.44. The Hall–Kier alpha value is -0.210. The van der Waals surface area contributed by atoms with Gasteiger partial charge in [-0.05, 0) is 34.1 Å². The van der Waals surface area contributed by atoms with Crippen LogP contribution in [0.15, 0.2) is 22.7 Å². The number of phenolic OH excluding ortho intramolecular Hbond substituents is 1. The number of hydrogen-bond donors (Lipinski definition) is 1. The van der Waals surface area contributed by atoms with Crippen molar-refractivity contribution >= 4 is 27.5 Å². The molecule has 0 heterocycles. The Morgan fingerprint density at radius 3 is 2.27 bits per heavy atom. The average Bonchev–Trinajstić information content (AvgIpc) is 2.02. The normalized spacial score (nSPS) is 8.36. The summed E-state index contributed by atoms with van der Waals surface area (Å²) in [6, 6.07) is 4.74.